The Morgan fingerprint density at radius 1 is 0.921 bits per heavy atom. The van der Waals surface area contributed by atoms with E-state index in [9.17, 15) is 13.2 Å². The molecule has 38 heavy (non-hydrogen) atoms. The fraction of sp³-hybridized carbons (Fsp3) is 0.621. The molecule has 2 heterocycles. The molecule has 1 saturated heterocycles. The van der Waals surface area contributed by atoms with Gasteiger partial charge in [0.05, 0.1) is 38.3 Å². The van der Waals surface area contributed by atoms with Gasteiger partial charge in [-0.15, -0.1) is 0 Å². The van der Waals surface area contributed by atoms with E-state index in [1.54, 1.807) is 17.2 Å². The fourth-order valence-corrected chi connectivity index (χ4v) is 6.22. The summed E-state index contributed by atoms with van der Waals surface area (Å²) in [5, 5.41) is 0. The summed E-state index contributed by atoms with van der Waals surface area (Å²) in [4.78, 5) is 17.6. The van der Waals surface area contributed by atoms with E-state index in [0.29, 0.717) is 51.4 Å². The monoisotopic (exact) mass is 547 g/mol. The lowest BCUT2D eigenvalue weighted by atomic mass is 10.1. The molecule has 0 unspecified atom stereocenters. The zero-order chi connectivity index (χ0) is 27.1. The Morgan fingerprint density at radius 3 is 2.37 bits per heavy atom. The van der Waals surface area contributed by atoms with Gasteiger partial charge in [0.15, 0.2) is 0 Å². The highest BCUT2D eigenvalue weighted by atomic mass is 32.2. The molecule has 212 valence electrons. The topological polar surface area (TPSA) is 83.3 Å². The van der Waals surface area contributed by atoms with Gasteiger partial charge in [0, 0.05) is 26.2 Å². The zero-order valence-electron chi connectivity index (χ0n) is 22.9. The van der Waals surface area contributed by atoms with Gasteiger partial charge in [0.2, 0.25) is 15.9 Å². The number of nitrogens with zero attached hydrogens (tertiary/aromatic N) is 3. The number of morpholine rings is 1. The van der Waals surface area contributed by atoms with Gasteiger partial charge in [-0.05, 0) is 37.1 Å². The molecule has 0 bridgehead atoms. The van der Waals surface area contributed by atoms with Crippen molar-refractivity contribution in [1.82, 2.24) is 14.1 Å². The number of benzene rings is 1. The van der Waals surface area contributed by atoms with Crippen LogP contribution in [-0.2, 0) is 32.6 Å². The third-order valence-electron chi connectivity index (χ3n) is 6.94. The molecule has 0 spiro atoms. The zero-order valence-corrected chi connectivity index (χ0v) is 23.7. The summed E-state index contributed by atoms with van der Waals surface area (Å²) in [6.07, 6.45) is 8.32. The summed E-state index contributed by atoms with van der Waals surface area (Å²) in [7, 11) is -3.56. The van der Waals surface area contributed by atoms with Crippen LogP contribution in [-0.4, -0.2) is 80.1 Å². The third kappa shape index (κ3) is 10.9. The molecule has 9 heteroatoms. The van der Waals surface area contributed by atoms with Crippen LogP contribution in [0.5, 0.6) is 0 Å². The summed E-state index contributed by atoms with van der Waals surface area (Å²) in [6.45, 7) is 6.95. The highest BCUT2D eigenvalue weighted by Crippen LogP contribution is 2.15. The molecule has 0 N–H and O–H groups in total. The van der Waals surface area contributed by atoms with E-state index in [1.165, 1.54) is 10.7 Å². The highest BCUT2D eigenvalue weighted by molar-refractivity contribution is 7.89. The Bertz CT molecular complexity index is 1010. The predicted octanol–water partition coefficient (Wildman–Crippen LogP) is 4.52. The normalized spacial score (nSPS) is 14.7. The minimum atomic E-state index is -3.56. The smallest absolute Gasteiger partial charge is 0.238 e. The van der Waals surface area contributed by atoms with Gasteiger partial charge in [-0.3, -0.25) is 9.69 Å². The highest BCUT2D eigenvalue weighted by Gasteiger charge is 2.27. The van der Waals surface area contributed by atoms with Crippen molar-refractivity contribution in [3.8, 4) is 0 Å². The first-order chi connectivity index (χ1) is 18.5. The molecule has 1 aromatic carbocycles. The molecule has 2 aromatic rings. The molecule has 0 radical (unpaired) electrons. The lowest BCUT2D eigenvalue weighted by Crippen LogP contribution is -2.44. The number of hydrogen-bond donors (Lipinski definition) is 0. The van der Waals surface area contributed by atoms with Crippen LogP contribution in [0.25, 0.3) is 0 Å². The van der Waals surface area contributed by atoms with E-state index in [2.05, 4.69) is 11.8 Å². The number of rotatable bonds is 18. The Hall–Kier alpha value is -2.20. The molecule has 3 rings (SSSR count). The number of furan rings is 1. The molecule has 1 aliphatic heterocycles. The third-order valence-corrected chi connectivity index (χ3v) is 8.85. The fourth-order valence-electron chi connectivity index (χ4n) is 4.68. The SMILES string of the molecule is CCCCCCCCS(=O)(=O)N(CCCN1CCOCC1)CC(=O)N(Cc1ccccc1)Cc1ccco1. The van der Waals surface area contributed by atoms with E-state index in [1.807, 2.05) is 36.4 Å². The molecule has 1 fully saturated rings. The van der Waals surface area contributed by atoms with Crippen LogP contribution >= 0.6 is 0 Å². The van der Waals surface area contributed by atoms with E-state index in [-0.39, 0.29) is 18.2 Å². The first kappa shape index (κ1) is 30.3. The molecule has 0 atom stereocenters. The van der Waals surface area contributed by atoms with E-state index in [0.717, 1.165) is 50.9 Å². The van der Waals surface area contributed by atoms with Gasteiger partial charge in [-0.1, -0.05) is 69.4 Å². The predicted molar refractivity (Wildman–Crippen MR) is 150 cm³/mol. The number of unbranched alkanes of at least 4 members (excludes halogenated alkanes) is 5. The standard InChI is InChI=1S/C29H45N3O5S/c1-2-3-4-5-6-10-23-38(34,35)32(17-12-16-30-18-21-36-22-19-30)26-29(33)31(25-28-15-11-20-37-28)24-27-13-8-7-9-14-27/h7-9,11,13-15,20H,2-6,10,12,16-19,21-26H2,1H3. The lowest BCUT2D eigenvalue weighted by molar-refractivity contribution is -0.133. The number of carbonyl (C=O) groups is 1. The van der Waals surface area contributed by atoms with Crippen LogP contribution in [0, 0.1) is 0 Å². The maximum absolute atomic E-state index is 13.6. The molecule has 1 aromatic heterocycles. The molecular weight excluding hydrogens is 502 g/mol. The molecule has 8 nitrogen and oxygen atoms in total. The maximum atomic E-state index is 13.6. The number of amides is 1. The number of sulfonamides is 1. The summed E-state index contributed by atoms with van der Waals surface area (Å²) in [5.41, 5.74) is 0.987. The van der Waals surface area contributed by atoms with Crippen molar-refractivity contribution in [2.75, 3.05) is 51.7 Å². The molecule has 1 aliphatic rings. The number of ether oxygens (including phenoxy) is 1. The second kappa shape index (κ2) is 16.7. The minimum Gasteiger partial charge on any atom is -0.467 e. The van der Waals surface area contributed by atoms with Crippen LogP contribution in [0.3, 0.4) is 0 Å². The van der Waals surface area contributed by atoms with Crippen molar-refractivity contribution >= 4 is 15.9 Å². The minimum absolute atomic E-state index is 0.0842. The van der Waals surface area contributed by atoms with Gasteiger partial charge in [0.25, 0.3) is 0 Å². The molecular formula is C29H45N3O5S. The first-order valence-electron chi connectivity index (χ1n) is 14.1. The first-order valence-corrected chi connectivity index (χ1v) is 15.7. The summed E-state index contributed by atoms with van der Waals surface area (Å²) in [6, 6.07) is 13.4. The van der Waals surface area contributed by atoms with Crippen molar-refractivity contribution in [3.63, 3.8) is 0 Å². The van der Waals surface area contributed by atoms with Gasteiger partial charge < -0.3 is 14.1 Å². The number of carbonyl (C=O) groups excluding carboxylic acids is 1. The van der Waals surface area contributed by atoms with Crippen LogP contribution in [0.2, 0.25) is 0 Å². The average molecular weight is 548 g/mol. The van der Waals surface area contributed by atoms with Gasteiger partial charge in [0.1, 0.15) is 5.76 Å². The van der Waals surface area contributed by atoms with Gasteiger partial charge >= 0.3 is 0 Å². The van der Waals surface area contributed by atoms with Crippen molar-refractivity contribution in [1.29, 1.82) is 0 Å². The van der Waals surface area contributed by atoms with E-state index in [4.69, 9.17) is 9.15 Å². The quantitative estimate of drug-likeness (QED) is 0.255. The van der Waals surface area contributed by atoms with Crippen molar-refractivity contribution in [3.05, 3.63) is 60.1 Å². The van der Waals surface area contributed by atoms with Crippen molar-refractivity contribution < 1.29 is 22.4 Å². The average Bonchev–Trinajstić information content (AvgIpc) is 3.44. The summed E-state index contributed by atoms with van der Waals surface area (Å²) < 4.78 is 39.2. The molecule has 1 amide bonds. The van der Waals surface area contributed by atoms with Crippen LogP contribution in [0.15, 0.2) is 53.1 Å². The van der Waals surface area contributed by atoms with Gasteiger partial charge in [-0.25, -0.2) is 8.42 Å². The Balaban J connectivity index is 1.66. The van der Waals surface area contributed by atoms with E-state index < -0.39 is 10.0 Å². The second-order valence-electron chi connectivity index (χ2n) is 10.0. The lowest BCUT2D eigenvalue weighted by Gasteiger charge is -2.29. The van der Waals surface area contributed by atoms with E-state index >= 15 is 0 Å². The van der Waals surface area contributed by atoms with Crippen molar-refractivity contribution in [2.24, 2.45) is 0 Å². The van der Waals surface area contributed by atoms with Crippen LogP contribution in [0.1, 0.15) is 63.2 Å². The van der Waals surface area contributed by atoms with Crippen molar-refractivity contribution in [2.45, 2.75) is 65.0 Å². The molecule has 0 saturated carbocycles. The van der Waals surface area contributed by atoms with Gasteiger partial charge in [-0.2, -0.15) is 4.31 Å². The Kier molecular flexibility index (Phi) is 13.3. The maximum Gasteiger partial charge on any atom is 0.238 e. The Labute approximate surface area is 229 Å². The second-order valence-corrected chi connectivity index (χ2v) is 12.1. The summed E-state index contributed by atoms with van der Waals surface area (Å²) >= 11 is 0. The Morgan fingerprint density at radius 2 is 1.66 bits per heavy atom. The van der Waals surface area contributed by atoms with Crippen LogP contribution in [0.4, 0.5) is 0 Å². The largest absolute Gasteiger partial charge is 0.467 e. The summed E-state index contributed by atoms with van der Waals surface area (Å²) in [5.74, 6) is 0.534. The number of hydrogen-bond acceptors (Lipinski definition) is 6. The molecule has 0 aliphatic carbocycles. The van der Waals surface area contributed by atoms with Crippen LogP contribution < -0.4 is 0 Å².